The maximum atomic E-state index is 7.31. The van der Waals surface area contributed by atoms with Gasteiger partial charge in [-0.1, -0.05) is 105 Å². The number of nitrogens with zero attached hydrogens (tertiary/aromatic N) is 4. The highest BCUT2D eigenvalue weighted by Gasteiger charge is 2.66. The Labute approximate surface area is 287 Å². The lowest BCUT2D eigenvalue weighted by atomic mass is 10.1. The number of hydrogen-bond acceptors (Lipinski definition) is 8. The van der Waals surface area contributed by atoms with Gasteiger partial charge in [0.25, 0.3) is 0 Å². The molecule has 2 saturated heterocycles. The molecule has 0 aliphatic carbocycles. The van der Waals surface area contributed by atoms with Crippen molar-refractivity contribution in [2.75, 3.05) is 6.61 Å². The third kappa shape index (κ3) is 6.29. The van der Waals surface area contributed by atoms with Gasteiger partial charge >= 0.3 is 8.56 Å². The average Bonchev–Trinajstić information content (AvgIpc) is 3.59. The quantitative estimate of drug-likeness (QED) is 0.178. The minimum absolute atomic E-state index is 0.0106. The maximum absolute atomic E-state index is 7.31. The molecule has 6 rings (SSSR count). The van der Waals surface area contributed by atoms with Crippen LogP contribution in [0.3, 0.4) is 0 Å². The smallest absolute Gasteiger partial charge is 0.349 e. The zero-order valence-corrected chi connectivity index (χ0v) is 32.4. The predicted molar refractivity (Wildman–Crippen MR) is 194 cm³/mol. The van der Waals surface area contributed by atoms with Crippen molar-refractivity contribution in [3.63, 3.8) is 0 Å². The van der Waals surface area contributed by atoms with E-state index < -0.39 is 23.1 Å². The Balaban J connectivity index is 1.37. The van der Waals surface area contributed by atoms with Gasteiger partial charge in [-0.25, -0.2) is 15.0 Å². The van der Waals surface area contributed by atoms with Crippen LogP contribution >= 0.6 is 0 Å². The molecule has 258 valence electrons. The first-order valence-corrected chi connectivity index (χ1v) is 21.7. The number of ether oxygens (including phenoxy) is 2. The molecule has 4 atom stereocenters. The van der Waals surface area contributed by atoms with Crippen LogP contribution in [0, 0.1) is 0 Å². The van der Waals surface area contributed by atoms with E-state index in [0.717, 1.165) is 22.6 Å². The van der Waals surface area contributed by atoms with Crippen molar-refractivity contribution < 1.29 is 22.8 Å². The maximum Gasteiger partial charge on any atom is 0.349 e. The monoisotopic (exact) mass is 688 g/mol. The number of imidazole rings is 1. The van der Waals surface area contributed by atoms with Crippen LogP contribution in [0.15, 0.2) is 67.3 Å². The lowest BCUT2D eigenvalue weighted by molar-refractivity contribution is -0.0795. The molecule has 4 aromatic rings. The van der Waals surface area contributed by atoms with Gasteiger partial charge in [0.2, 0.25) is 0 Å². The number of fused-ring (bicyclic) bond motifs is 2. The Morgan fingerprint density at radius 2 is 1.60 bits per heavy atom. The molecule has 0 saturated carbocycles. The van der Waals surface area contributed by atoms with Crippen LogP contribution in [-0.2, 0) is 24.6 Å². The summed E-state index contributed by atoms with van der Waals surface area (Å²) in [5.41, 5.74) is 4.10. The zero-order valence-electron chi connectivity index (χ0n) is 30.4. The summed E-state index contributed by atoms with van der Waals surface area (Å²) < 4.78 is 36.4. The second-order valence-corrected chi connectivity index (χ2v) is 26.3. The highest BCUT2D eigenvalue weighted by atomic mass is 28.4. The van der Waals surface area contributed by atoms with Crippen LogP contribution in [0.1, 0.15) is 74.1 Å². The van der Waals surface area contributed by atoms with Crippen LogP contribution in [0.25, 0.3) is 22.4 Å². The van der Waals surface area contributed by atoms with E-state index in [1.54, 1.807) is 6.33 Å². The molecular weight excluding hydrogens is 637 g/mol. The Hall–Kier alpha value is -2.94. The van der Waals surface area contributed by atoms with Crippen molar-refractivity contribution in [1.29, 1.82) is 0 Å². The van der Waals surface area contributed by atoms with E-state index in [-0.39, 0.29) is 33.4 Å². The van der Waals surface area contributed by atoms with Crippen molar-refractivity contribution in [3.8, 4) is 17.0 Å². The van der Waals surface area contributed by atoms with Crippen molar-refractivity contribution in [1.82, 2.24) is 19.5 Å². The molecule has 0 spiro atoms. The van der Waals surface area contributed by atoms with Gasteiger partial charge in [0.05, 0.1) is 12.9 Å². The molecule has 0 radical (unpaired) electrons. The summed E-state index contributed by atoms with van der Waals surface area (Å²) in [5.74, 6) is 0.760. The summed E-state index contributed by atoms with van der Waals surface area (Å²) in [6, 6.07) is 18.1. The molecule has 2 fully saturated rings. The largest absolute Gasteiger partial charge is 0.489 e. The van der Waals surface area contributed by atoms with Crippen LogP contribution < -0.4 is 4.74 Å². The van der Waals surface area contributed by atoms with Crippen molar-refractivity contribution >= 4 is 28.0 Å². The van der Waals surface area contributed by atoms with Crippen molar-refractivity contribution in [2.24, 2.45) is 0 Å². The Bertz CT molecular complexity index is 1730. The Morgan fingerprint density at radius 3 is 2.27 bits per heavy atom. The van der Waals surface area contributed by atoms with Gasteiger partial charge in [-0.05, 0) is 35.8 Å². The molecule has 11 heteroatoms. The number of hydrogen-bond donors (Lipinski definition) is 0. The normalized spacial score (nSPS) is 23.3. The molecule has 2 aliphatic heterocycles. The fourth-order valence-corrected chi connectivity index (χ4v) is 13.2. The van der Waals surface area contributed by atoms with Crippen molar-refractivity contribution in [2.45, 2.75) is 122 Å². The van der Waals surface area contributed by atoms with Gasteiger partial charge in [0, 0.05) is 15.6 Å². The van der Waals surface area contributed by atoms with E-state index in [9.17, 15) is 0 Å². The van der Waals surface area contributed by atoms with Crippen LogP contribution in [0.5, 0.6) is 5.75 Å². The molecule has 2 aromatic heterocycles. The minimum Gasteiger partial charge on any atom is -0.489 e. The molecule has 2 aromatic carbocycles. The summed E-state index contributed by atoms with van der Waals surface area (Å²) in [7, 11) is -5.07. The lowest BCUT2D eigenvalue weighted by Crippen LogP contribution is -2.66. The number of rotatable bonds is 7. The van der Waals surface area contributed by atoms with Crippen LogP contribution in [-0.4, -0.2) is 61.3 Å². The minimum atomic E-state index is -2.80. The summed E-state index contributed by atoms with van der Waals surface area (Å²) in [6.45, 7) is 25.8. The van der Waals surface area contributed by atoms with E-state index in [1.165, 1.54) is 0 Å². The fourth-order valence-electron chi connectivity index (χ4n) is 6.91. The molecule has 4 heterocycles. The van der Waals surface area contributed by atoms with Gasteiger partial charge in [-0.3, -0.25) is 4.57 Å². The molecule has 9 nitrogen and oxygen atoms in total. The molecular formula is C37H52N4O5Si2. The Kier molecular flexibility index (Phi) is 9.04. The SMILES string of the molecule is CC(C)(C)[Si](C)(C)O[C@@H]1[C@@H]2O[Si](C(C)(C)C)(C(C)(C)C)OC[C@H]2O[C@H]1n1cnc2c(-c3cccc(OCc4ccccc4)c3)ncnc21. The topological polar surface area (TPSA) is 89.8 Å². The van der Waals surface area contributed by atoms with E-state index in [4.69, 9.17) is 32.7 Å². The van der Waals surface area contributed by atoms with E-state index in [2.05, 4.69) is 92.5 Å². The summed E-state index contributed by atoms with van der Waals surface area (Å²) in [5, 5.41) is -0.346. The summed E-state index contributed by atoms with van der Waals surface area (Å²) >= 11 is 0. The zero-order chi connectivity index (χ0) is 34.7. The molecule has 48 heavy (non-hydrogen) atoms. The number of benzene rings is 2. The van der Waals surface area contributed by atoms with E-state index in [0.29, 0.717) is 24.4 Å². The fraction of sp³-hybridized carbons (Fsp3) is 0.541. The van der Waals surface area contributed by atoms with Gasteiger partial charge < -0.3 is 22.8 Å². The second kappa shape index (κ2) is 12.4. The first-order valence-electron chi connectivity index (χ1n) is 17.0. The molecule has 0 N–H and O–H groups in total. The predicted octanol–water partition coefficient (Wildman–Crippen LogP) is 8.82. The van der Waals surface area contributed by atoms with Crippen LogP contribution in [0.2, 0.25) is 28.2 Å². The Morgan fingerprint density at radius 1 is 0.896 bits per heavy atom. The first-order chi connectivity index (χ1) is 22.4. The van der Waals surface area contributed by atoms with E-state index >= 15 is 0 Å². The molecule has 0 amide bonds. The third-order valence-corrected chi connectivity index (χ3v) is 19.8. The number of aromatic nitrogens is 4. The van der Waals surface area contributed by atoms with Crippen molar-refractivity contribution in [3.05, 3.63) is 72.8 Å². The van der Waals surface area contributed by atoms with Crippen LogP contribution in [0.4, 0.5) is 0 Å². The second-order valence-electron chi connectivity index (χ2n) is 16.8. The molecule has 0 unspecified atom stereocenters. The molecule has 0 bridgehead atoms. The summed E-state index contributed by atoms with van der Waals surface area (Å²) in [4.78, 5) is 14.3. The first kappa shape index (κ1) is 34.9. The van der Waals surface area contributed by atoms with Gasteiger partial charge in [-0.2, -0.15) is 0 Å². The van der Waals surface area contributed by atoms with Gasteiger partial charge in [-0.15, -0.1) is 0 Å². The van der Waals surface area contributed by atoms with Gasteiger partial charge in [0.15, 0.2) is 20.2 Å². The average molecular weight is 689 g/mol. The lowest BCUT2D eigenvalue weighted by Gasteiger charge is -2.54. The standard InChI is InChI=1S/C37H52N4O5Si2/c1-35(2,3)47(10,11)45-32-31-28(22-43-48(46-31,36(4,5)6)37(7,8)9)44-34(32)41-24-40-30-29(38-23-39-33(30)41)26-18-15-19-27(20-26)42-21-25-16-13-12-14-17-25/h12-20,23-24,28,31-32,34H,21-22H2,1-11H3/t28-,31-,32-,34-/m1/s1. The summed E-state index contributed by atoms with van der Waals surface area (Å²) in [6.07, 6.45) is 1.95. The highest BCUT2D eigenvalue weighted by molar-refractivity contribution is 6.74. The molecule has 2 aliphatic rings. The highest BCUT2D eigenvalue weighted by Crippen LogP contribution is 2.56. The van der Waals surface area contributed by atoms with Gasteiger partial charge in [0.1, 0.15) is 48.2 Å². The van der Waals surface area contributed by atoms with E-state index in [1.807, 2.05) is 53.4 Å². The third-order valence-electron chi connectivity index (χ3n) is 10.2.